The normalized spacial score (nSPS) is 9.87. The number of hydrogen-bond donors (Lipinski definition) is 2. The summed E-state index contributed by atoms with van der Waals surface area (Å²) in [4.78, 5) is 24.0. The summed E-state index contributed by atoms with van der Waals surface area (Å²) in [5.74, 6) is -0.0315. The maximum Gasteiger partial charge on any atom is 0.269 e. The van der Waals surface area contributed by atoms with Gasteiger partial charge in [-0.25, -0.2) is 0 Å². The van der Waals surface area contributed by atoms with Crippen molar-refractivity contribution in [3.63, 3.8) is 0 Å². The molecule has 7 heteroatoms. The molecule has 0 bridgehead atoms. The van der Waals surface area contributed by atoms with Crippen molar-refractivity contribution in [2.45, 2.75) is 0 Å². The number of halogens is 1. The highest BCUT2D eigenvalue weighted by atomic mass is 35.5. The summed E-state index contributed by atoms with van der Waals surface area (Å²) in [6, 6.07) is 11.1. The number of nitrogens with one attached hydrogen (secondary N) is 2. The fourth-order valence-electron chi connectivity index (χ4n) is 1.87. The molecule has 2 aromatic rings. The van der Waals surface area contributed by atoms with Gasteiger partial charge < -0.3 is 9.47 Å². The molecule has 2 amide bonds. The van der Waals surface area contributed by atoms with Gasteiger partial charge in [0.1, 0.15) is 0 Å². The predicted octanol–water partition coefficient (Wildman–Crippen LogP) is 2.43. The summed E-state index contributed by atoms with van der Waals surface area (Å²) < 4.78 is 10.2. The molecule has 2 rings (SSSR count). The molecule has 0 saturated heterocycles. The molecule has 0 radical (unpaired) electrons. The molecule has 0 atom stereocenters. The van der Waals surface area contributed by atoms with Gasteiger partial charge in [-0.3, -0.25) is 20.4 Å². The second-order valence-corrected chi connectivity index (χ2v) is 4.92. The summed E-state index contributed by atoms with van der Waals surface area (Å²) in [7, 11) is 2.98. The maximum absolute atomic E-state index is 12.1. The van der Waals surface area contributed by atoms with E-state index in [4.69, 9.17) is 21.1 Å². The highest BCUT2D eigenvalue weighted by Gasteiger charge is 2.12. The SMILES string of the molecule is COc1ccc(C(=O)NNC(=O)c2cccc(Cl)c2)cc1OC. The molecular formula is C16H15ClN2O4. The van der Waals surface area contributed by atoms with Gasteiger partial charge >= 0.3 is 0 Å². The quantitative estimate of drug-likeness (QED) is 0.842. The van der Waals surface area contributed by atoms with Crippen molar-refractivity contribution >= 4 is 23.4 Å². The number of carbonyl (C=O) groups is 2. The second-order valence-electron chi connectivity index (χ2n) is 4.49. The van der Waals surface area contributed by atoms with Gasteiger partial charge in [0.2, 0.25) is 0 Å². The Morgan fingerprint density at radius 2 is 1.48 bits per heavy atom. The Morgan fingerprint density at radius 3 is 2.04 bits per heavy atom. The number of rotatable bonds is 4. The molecule has 0 aliphatic rings. The Labute approximate surface area is 138 Å². The molecule has 0 unspecified atom stereocenters. The van der Waals surface area contributed by atoms with E-state index in [2.05, 4.69) is 10.9 Å². The van der Waals surface area contributed by atoms with Crippen LogP contribution in [0.5, 0.6) is 11.5 Å². The Kier molecular flexibility index (Phi) is 5.43. The van der Waals surface area contributed by atoms with Crippen LogP contribution in [0.3, 0.4) is 0 Å². The van der Waals surface area contributed by atoms with Gasteiger partial charge in [-0.15, -0.1) is 0 Å². The lowest BCUT2D eigenvalue weighted by Gasteiger charge is -2.10. The van der Waals surface area contributed by atoms with E-state index in [1.165, 1.54) is 26.4 Å². The predicted molar refractivity (Wildman–Crippen MR) is 85.9 cm³/mol. The topological polar surface area (TPSA) is 76.7 Å². The third-order valence-corrected chi connectivity index (χ3v) is 3.26. The fraction of sp³-hybridized carbons (Fsp3) is 0.125. The zero-order valence-corrected chi connectivity index (χ0v) is 13.3. The summed E-state index contributed by atoms with van der Waals surface area (Å²) in [5, 5.41) is 0.434. The van der Waals surface area contributed by atoms with Crippen molar-refractivity contribution < 1.29 is 19.1 Å². The lowest BCUT2D eigenvalue weighted by atomic mass is 10.2. The van der Waals surface area contributed by atoms with Crippen molar-refractivity contribution in [1.29, 1.82) is 0 Å². The van der Waals surface area contributed by atoms with Gasteiger partial charge in [0.15, 0.2) is 11.5 Å². The van der Waals surface area contributed by atoms with E-state index in [1.807, 2.05) is 0 Å². The second kappa shape index (κ2) is 7.51. The van der Waals surface area contributed by atoms with Crippen LogP contribution in [0.1, 0.15) is 20.7 Å². The third-order valence-electron chi connectivity index (χ3n) is 3.02. The lowest BCUT2D eigenvalue weighted by molar-refractivity contribution is 0.0846. The smallest absolute Gasteiger partial charge is 0.269 e. The summed E-state index contributed by atoms with van der Waals surface area (Å²) in [6.07, 6.45) is 0. The Bertz CT molecular complexity index is 734. The van der Waals surface area contributed by atoms with Crippen molar-refractivity contribution in [1.82, 2.24) is 10.9 Å². The van der Waals surface area contributed by atoms with Gasteiger partial charge in [-0.1, -0.05) is 17.7 Å². The number of methoxy groups -OCH3 is 2. The monoisotopic (exact) mass is 334 g/mol. The van der Waals surface area contributed by atoms with Crippen molar-refractivity contribution in [3.8, 4) is 11.5 Å². The van der Waals surface area contributed by atoms with Crippen LogP contribution in [0, 0.1) is 0 Å². The molecule has 23 heavy (non-hydrogen) atoms. The van der Waals surface area contributed by atoms with E-state index < -0.39 is 11.8 Å². The Morgan fingerprint density at radius 1 is 0.870 bits per heavy atom. The fourth-order valence-corrected chi connectivity index (χ4v) is 2.06. The molecule has 0 fully saturated rings. The highest BCUT2D eigenvalue weighted by molar-refractivity contribution is 6.30. The molecular weight excluding hydrogens is 320 g/mol. The van der Waals surface area contributed by atoms with E-state index >= 15 is 0 Å². The molecule has 0 aromatic heterocycles. The van der Waals surface area contributed by atoms with Crippen LogP contribution in [0.15, 0.2) is 42.5 Å². The summed E-state index contributed by atoms with van der Waals surface area (Å²) >= 11 is 5.82. The standard InChI is InChI=1S/C16H15ClN2O4/c1-22-13-7-6-11(9-14(13)23-2)16(21)19-18-15(20)10-4-3-5-12(17)8-10/h3-9H,1-2H3,(H,18,20)(H,19,21). The van der Waals surface area contributed by atoms with E-state index in [9.17, 15) is 9.59 Å². The molecule has 0 aliphatic carbocycles. The van der Waals surface area contributed by atoms with Crippen molar-refractivity contribution in [2.24, 2.45) is 0 Å². The zero-order valence-electron chi connectivity index (χ0n) is 12.6. The van der Waals surface area contributed by atoms with Gasteiger partial charge in [0.05, 0.1) is 14.2 Å². The first-order chi connectivity index (χ1) is 11.0. The van der Waals surface area contributed by atoms with Crippen LogP contribution in [-0.2, 0) is 0 Å². The van der Waals surface area contributed by atoms with Crippen molar-refractivity contribution in [3.05, 3.63) is 58.6 Å². The number of carbonyl (C=O) groups excluding carboxylic acids is 2. The van der Waals surface area contributed by atoms with Crippen LogP contribution < -0.4 is 20.3 Å². The van der Waals surface area contributed by atoms with Crippen molar-refractivity contribution in [2.75, 3.05) is 14.2 Å². The Balaban J connectivity index is 2.03. The molecule has 120 valence electrons. The first kappa shape index (κ1) is 16.6. The van der Waals surface area contributed by atoms with Gasteiger partial charge in [0.25, 0.3) is 11.8 Å². The average molecular weight is 335 g/mol. The Hall–Kier alpha value is -2.73. The lowest BCUT2D eigenvalue weighted by Crippen LogP contribution is -2.41. The molecule has 2 aromatic carbocycles. The van der Waals surface area contributed by atoms with Gasteiger partial charge in [-0.2, -0.15) is 0 Å². The number of ether oxygens (including phenoxy) is 2. The minimum Gasteiger partial charge on any atom is -0.493 e. The van der Waals surface area contributed by atoms with Crippen LogP contribution in [0.25, 0.3) is 0 Å². The van der Waals surface area contributed by atoms with E-state index in [-0.39, 0.29) is 0 Å². The maximum atomic E-state index is 12.1. The minimum atomic E-state index is -0.485. The number of hydrazine groups is 1. The molecule has 0 saturated carbocycles. The first-order valence-electron chi connectivity index (χ1n) is 6.63. The molecule has 0 heterocycles. The van der Waals surface area contributed by atoms with Crippen LogP contribution in [0.2, 0.25) is 5.02 Å². The van der Waals surface area contributed by atoms with E-state index in [1.54, 1.807) is 30.3 Å². The van der Waals surface area contributed by atoms with E-state index in [0.717, 1.165) is 0 Å². The largest absolute Gasteiger partial charge is 0.493 e. The minimum absolute atomic E-state index is 0.314. The molecule has 6 nitrogen and oxygen atoms in total. The third kappa shape index (κ3) is 4.14. The first-order valence-corrected chi connectivity index (χ1v) is 7.01. The number of benzene rings is 2. The van der Waals surface area contributed by atoms with Crippen LogP contribution in [0.4, 0.5) is 0 Å². The zero-order chi connectivity index (χ0) is 16.8. The van der Waals surface area contributed by atoms with Gasteiger partial charge in [0, 0.05) is 16.1 Å². The van der Waals surface area contributed by atoms with Crippen LogP contribution in [-0.4, -0.2) is 26.0 Å². The van der Waals surface area contributed by atoms with Gasteiger partial charge in [-0.05, 0) is 36.4 Å². The number of amides is 2. The van der Waals surface area contributed by atoms with E-state index in [0.29, 0.717) is 27.6 Å². The summed E-state index contributed by atoms with van der Waals surface area (Å²) in [6.45, 7) is 0. The molecule has 2 N–H and O–H groups in total. The number of hydrogen-bond acceptors (Lipinski definition) is 4. The summed E-state index contributed by atoms with van der Waals surface area (Å²) in [5.41, 5.74) is 5.30. The average Bonchev–Trinajstić information content (AvgIpc) is 2.58. The van der Waals surface area contributed by atoms with Crippen LogP contribution >= 0.6 is 11.6 Å². The molecule has 0 aliphatic heterocycles. The molecule has 0 spiro atoms. The highest BCUT2D eigenvalue weighted by Crippen LogP contribution is 2.27.